The summed E-state index contributed by atoms with van der Waals surface area (Å²) in [5.41, 5.74) is 3.72. The Morgan fingerprint density at radius 1 is 1.03 bits per heavy atom. The lowest BCUT2D eigenvalue weighted by atomic mass is 9.83. The van der Waals surface area contributed by atoms with Crippen molar-refractivity contribution in [3.63, 3.8) is 0 Å². The van der Waals surface area contributed by atoms with E-state index < -0.39 is 11.4 Å². The van der Waals surface area contributed by atoms with Crippen molar-refractivity contribution in [1.82, 2.24) is 14.5 Å². The van der Waals surface area contributed by atoms with E-state index in [1.165, 1.54) is 0 Å². The first-order chi connectivity index (χ1) is 17.2. The summed E-state index contributed by atoms with van der Waals surface area (Å²) >= 11 is 0. The van der Waals surface area contributed by atoms with E-state index in [-0.39, 0.29) is 11.9 Å². The number of anilines is 1. The minimum atomic E-state index is -1.01. The number of pyridine rings is 1. The highest BCUT2D eigenvalue weighted by Gasteiger charge is 2.31. The molecule has 5 rings (SSSR count). The van der Waals surface area contributed by atoms with Crippen LogP contribution in [0.15, 0.2) is 73.1 Å². The Hall–Kier alpha value is -4.26. The molecule has 36 heavy (non-hydrogen) atoms. The quantitative estimate of drug-likeness (QED) is 0.382. The summed E-state index contributed by atoms with van der Waals surface area (Å²) in [6, 6.07) is 19.2. The van der Waals surface area contributed by atoms with E-state index in [2.05, 4.69) is 23.4 Å². The first kappa shape index (κ1) is 23.5. The van der Waals surface area contributed by atoms with Gasteiger partial charge < -0.3 is 9.67 Å². The molecule has 0 radical (unpaired) electrons. The Labute approximate surface area is 210 Å². The average molecular weight is 481 g/mol. The van der Waals surface area contributed by atoms with Crippen LogP contribution >= 0.6 is 0 Å². The van der Waals surface area contributed by atoms with Crippen LogP contribution in [-0.4, -0.2) is 31.5 Å². The highest BCUT2D eigenvalue weighted by Crippen LogP contribution is 2.33. The van der Waals surface area contributed by atoms with E-state index in [1.807, 2.05) is 66.9 Å². The molecule has 4 aromatic rings. The number of benzene rings is 2. The van der Waals surface area contributed by atoms with E-state index >= 15 is 0 Å². The molecule has 1 aliphatic rings. The summed E-state index contributed by atoms with van der Waals surface area (Å²) in [6.07, 6.45) is 3.69. The number of fused-ring (bicyclic) bond motifs is 1. The molecule has 0 unspecified atom stereocenters. The highest BCUT2D eigenvalue weighted by atomic mass is 16.4. The lowest BCUT2D eigenvalue weighted by Gasteiger charge is -2.20. The molecular weight excluding hydrogens is 452 g/mol. The third kappa shape index (κ3) is 3.96. The zero-order chi connectivity index (χ0) is 25.6. The summed E-state index contributed by atoms with van der Waals surface area (Å²) in [5, 5.41) is 9.62. The molecule has 0 saturated carbocycles. The molecule has 1 aliphatic heterocycles. The second-order valence-electron chi connectivity index (χ2n) is 9.91. The number of carboxylic acid groups (broad SMARTS) is 1. The Morgan fingerprint density at radius 3 is 2.53 bits per heavy atom. The van der Waals surface area contributed by atoms with Crippen molar-refractivity contribution in [3.8, 4) is 22.6 Å². The van der Waals surface area contributed by atoms with Gasteiger partial charge in [0, 0.05) is 24.0 Å². The predicted octanol–water partition coefficient (Wildman–Crippen LogP) is 5.72. The van der Waals surface area contributed by atoms with Gasteiger partial charge in [-0.15, -0.1) is 0 Å². The molecule has 3 heterocycles. The first-order valence-corrected chi connectivity index (χ1v) is 12.0. The maximum absolute atomic E-state index is 13.5. The summed E-state index contributed by atoms with van der Waals surface area (Å²) in [6.45, 7) is 7.99. The summed E-state index contributed by atoms with van der Waals surface area (Å²) < 4.78 is 2.05. The van der Waals surface area contributed by atoms with Gasteiger partial charge in [0.2, 0.25) is 0 Å². The lowest BCUT2D eigenvalue weighted by Crippen LogP contribution is -2.28. The van der Waals surface area contributed by atoms with Gasteiger partial charge in [-0.1, -0.05) is 42.5 Å². The van der Waals surface area contributed by atoms with Crippen LogP contribution in [0.3, 0.4) is 0 Å². The highest BCUT2D eigenvalue weighted by molar-refractivity contribution is 6.10. The first-order valence-electron chi connectivity index (χ1n) is 12.0. The van der Waals surface area contributed by atoms with Crippen molar-refractivity contribution in [2.24, 2.45) is 0 Å². The fraction of sp³-hybridized carbons (Fsp3) is 0.241. The number of carboxylic acids is 1. The van der Waals surface area contributed by atoms with E-state index in [0.29, 0.717) is 29.2 Å². The van der Waals surface area contributed by atoms with Crippen molar-refractivity contribution in [1.29, 1.82) is 0 Å². The van der Waals surface area contributed by atoms with Gasteiger partial charge in [-0.25, -0.2) is 9.97 Å². The number of nitrogens with zero attached hydrogens (tertiary/aromatic N) is 4. The van der Waals surface area contributed by atoms with Crippen LogP contribution in [0.25, 0.3) is 22.6 Å². The van der Waals surface area contributed by atoms with Crippen molar-refractivity contribution in [3.05, 3.63) is 89.7 Å². The van der Waals surface area contributed by atoms with Crippen molar-refractivity contribution in [2.75, 3.05) is 4.90 Å². The normalized spacial score (nSPS) is 13.4. The lowest BCUT2D eigenvalue weighted by molar-refractivity contribution is -0.142. The second kappa shape index (κ2) is 8.75. The summed E-state index contributed by atoms with van der Waals surface area (Å²) in [4.78, 5) is 36.1. The molecule has 0 saturated heterocycles. The zero-order valence-corrected chi connectivity index (χ0v) is 20.8. The van der Waals surface area contributed by atoms with Crippen LogP contribution in [0.5, 0.6) is 0 Å². The summed E-state index contributed by atoms with van der Waals surface area (Å²) in [7, 11) is 0. The average Bonchev–Trinajstić information content (AvgIpc) is 3.49. The van der Waals surface area contributed by atoms with E-state index in [9.17, 15) is 14.7 Å². The predicted molar refractivity (Wildman–Crippen MR) is 139 cm³/mol. The fourth-order valence-electron chi connectivity index (χ4n) is 4.50. The van der Waals surface area contributed by atoms with Gasteiger partial charge in [0.25, 0.3) is 5.91 Å². The van der Waals surface area contributed by atoms with Crippen molar-refractivity contribution >= 4 is 17.7 Å². The number of hydrogen-bond acceptors (Lipinski definition) is 4. The third-order valence-corrected chi connectivity index (χ3v) is 6.83. The van der Waals surface area contributed by atoms with Crippen LogP contribution in [0.2, 0.25) is 0 Å². The smallest absolute Gasteiger partial charge is 0.313 e. The summed E-state index contributed by atoms with van der Waals surface area (Å²) in [5.74, 6) is 0.358. The number of rotatable bonds is 6. The minimum absolute atomic E-state index is 0.106. The third-order valence-electron chi connectivity index (χ3n) is 6.83. The number of aliphatic carboxylic acids is 1. The van der Waals surface area contributed by atoms with Gasteiger partial charge >= 0.3 is 5.97 Å². The maximum atomic E-state index is 13.5. The standard InChI is InChI=1S/C29H28N4O3/c1-18(2)32-14-13-30-26(32)24-9-6-10-25(31-24)33-17-21-12-11-20(16-23(21)27(33)34)19-7-5-8-22(15-19)29(3,4)28(35)36/h5-16,18H,17H2,1-4H3,(H,35,36). The molecule has 7 nitrogen and oxygen atoms in total. The molecule has 1 amide bonds. The molecule has 2 aromatic carbocycles. The Balaban J connectivity index is 1.46. The molecule has 0 aliphatic carbocycles. The molecule has 7 heteroatoms. The monoisotopic (exact) mass is 480 g/mol. The molecule has 0 spiro atoms. The SMILES string of the molecule is CC(C)n1ccnc1-c1cccc(N2Cc3ccc(-c4cccc(C(C)(C)C(=O)O)c4)cc3C2=O)n1. The van der Waals surface area contributed by atoms with Gasteiger partial charge in [-0.2, -0.15) is 0 Å². The molecule has 1 N–H and O–H groups in total. The topological polar surface area (TPSA) is 88.3 Å². The van der Waals surface area contributed by atoms with Gasteiger partial charge in [-0.05, 0) is 68.1 Å². The molecule has 0 bridgehead atoms. The van der Waals surface area contributed by atoms with Gasteiger partial charge in [0.15, 0.2) is 5.82 Å². The second-order valence-corrected chi connectivity index (χ2v) is 9.91. The van der Waals surface area contributed by atoms with Crippen LogP contribution in [0.1, 0.15) is 55.2 Å². The molecular formula is C29H28N4O3. The van der Waals surface area contributed by atoms with Crippen molar-refractivity contribution in [2.45, 2.75) is 45.7 Å². The number of aromatic nitrogens is 3. The van der Waals surface area contributed by atoms with Gasteiger partial charge in [0.1, 0.15) is 11.5 Å². The van der Waals surface area contributed by atoms with Crippen molar-refractivity contribution < 1.29 is 14.7 Å². The van der Waals surface area contributed by atoms with E-state index in [0.717, 1.165) is 22.5 Å². The fourth-order valence-corrected chi connectivity index (χ4v) is 4.50. The number of hydrogen-bond donors (Lipinski definition) is 1. The van der Waals surface area contributed by atoms with Crippen LogP contribution in [-0.2, 0) is 16.8 Å². The van der Waals surface area contributed by atoms with Gasteiger partial charge in [0.05, 0.1) is 12.0 Å². The largest absolute Gasteiger partial charge is 0.481 e. The number of amides is 1. The van der Waals surface area contributed by atoms with E-state index in [1.54, 1.807) is 24.9 Å². The Bertz CT molecular complexity index is 1490. The number of carbonyl (C=O) groups is 2. The number of carbonyl (C=O) groups excluding carboxylic acids is 1. The maximum Gasteiger partial charge on any atom is 0.313 e. The Morgan fingerprint density at radius 2 is 1.78 bits per heavy atom. The van der Waals surface area contributed by atoms with Crippen LogP contribution in [0, 0.1) is 0 Å². The van der Waals surface area contributed by atoms with Gasteiger partial charge in [-0.3, -0.25) is 14.5 Å². The van der Waals surface area contributed by atoms with Crippen LogP contribution in [0.4, 0.5) is 5.82 Å². The minimum Gasteiger partial charge on any atom is -0.481 e. The number of imidazole rings is 1. The molecule has 0 atom stereocenters. The van der Waals surface area contributed by atoms with E-state index in [4.69, 9.17) is 4.98 Å². The Kier molecular flexibility index (Phi) is 5.71. The molecule has 2 aromatic heterocycles. The zero-order valence-electron chi connectivity index (χ0n) is 20.8. The molecule has 0 fully saturated rings. The van der Waals surface area contributed by atoms with Crippen LogP contribution < -0.4 is 4.90 Å². The molecule has 182 valence electrons.